The van der Waals surface area contributed by atoms with Crippen molar-refractivity contribution in [3.63, 3.8) is 0 Å². The molecule has 0 amide bonds. The van der Waals surface area contributed by atoms with Crippen LogP contribution in [0.25, 0.3) is 0 Å². The molecule has 1 unspecified atom stereocenters. The van der Waals surface area contributed by atoms with Crippen molar-refractivity contribution < 1.29 is 4.42 Å². The zero-order chi connectivity index (χ0) is 12.8. The molecule has 4 aliphatic carbocycles. The largest absolute Gasteiger partial charge is 0.469 e. The number of hydrazine groups is 1. The van der Waals surface area contributed by atoms with Crippen molar-refractivity contribution >= 4 is 0 Å². The van der Waals surface area contributed by atoms with Gasteiger partial charge in [-0.1, -0.05) is 0 Å². The maximum Gasteiger partial charge on any atom is 0.105 e. The fourth-order valence-corrected chi connectivity index (χ4v) is 5.58. The molecule has 104 valence electrons. The summed E-state index contributed by atoms with van der Waals surface area (Å²) in [6, 6.07) is 4.43. The number of nitrogens with one attached hydrogen (secondary N) is 1. The minimum atomic E-state index is 0.390. The zero-order valence-electron chi connectivity index (χ0n) is 11.4. The summed E-state index contributed by atoms with van der Waals surface area (Å²) in [6.45, 7) is 0. The first-order chi connectivity index (χ1) is 9.33. The van der Waals surface area contributed by atoms with Crippen molar-refractivity contribution in [3.8, 4) is 0 Å². The summed E-state index contributed by atoms with van der Waals surface area (Å²) in [5, 5.41) is 0. The van der Waals surface area contributed by atoms with Gasteiger partial charge >= 0.3 is 0 Å². The maximum atomic E-state index is 5.88. The Balaban J connectivity index is 1.53. The molecular weight excluding hydrogens is 236 g/mol. The number of rotatable bonds is 4. The summed E-state index contributed by atoms with van der Waals surface area (Å²) in [4.78, 5) is 0. The Labute approximate surface area is 114 Å². The topological polar surface area (TPSA) is 51.2 Å². The highest BCUT2D eigenvalue weighted by Gasteiger charge is 2.50. The summed E-state index contributed by atoms with van der Waals surface area (Å²) >= 11 is 0. The highest BCUT2D eigenvalue weighted by Crippen LogP contribution is 2.57. The van der Waals surface area contributed by atoms with Crippen LogP contribution >= 0.6 is 0 Å². The van der Waals surface area contributed by atoms with Gasteiger partial charge in [-0.25, -0.2) is 0 Å². The molecule has 5 rings (SSSR count). The van der Waals surface area contributed by atoms with Crippen LogP contribution in [0.15, 0.2) is 22.8 Å². The van der Waals surface area contributed by atoms with E-state index in [9.17, 15) is 0 Å². The standard InChI is InChI=1S/C16H24N2O/c17-18-15(9-14-2-1-3-19-14)16-12-5-10-4-11(7-12)8-13(16)6-10/h1-3,10-13,15-16,18H,4-9,17H2. The molecule has 1 atom stereocenters. The van der Waals surface area contributed by atoms with Gasteiger partial charge in [-0.15, -0.1) is 0 Å². The molecule has 1 aromatic heterocycles. The van der Waals surface area contributed by atoms with Crippen LogP contribution in [0.1, 0.15) is 37.9 Å². The molecule has 1 aromatic rings. The van der Waals surface area contributed by atoms with Crippen molar-refractivity contribution in [3.05, 3.63) is 24.2 Å². The lowest BCUT2D eigenvalue weighted by Gasteiger charge is -2.56. The molecule has 1 heterocycles. The zero-order valence-corrected chi connectivity index (χ0v) is 11.4. The second-order valence-electron chi connectivity index (χ2n) is 7.06. The normalized spacial score (nSPS) is 41.6. The summed E-state index contributed by atoms with van der Waals surface area (Å²) in [5.74, 6) is 11.6. The second-order valence-corrected chi connectivity index (χ2v) is 7.06. The summed E-state index contributed by atoms with van der Waals surface area (Å²) in [6.07, 6.45) is 10.0. The van der Waals surface area contributed by atoms with Crippen LogP contribution in [0.4, 0.5) is 0 Å². The van der Waals surface area contributed by atoms with Crippen molar-refractivity contribution in [1.82, 2.24) is 5.43 Å². The van der Waals surface area contributed by atoms with E-state index in [-0.39, 0.29) is 0 Å². The van der Waals surface area contributed by atoms with Crippen LogP contribution in [-0.2, 0) is 6.42 Å². The van der Waals surface area contributed by atoms with E-state index in [1.54, 1.807) is 6.26 Å². The second kappa shape index (κ2) is 4.64. The smallest absolute Gasteiger partial charge is 0.105 e. The van der Waals surface area contributed by atoms with E-state index >= 15 is 0 Å². The number of nitrogens with two attached hydrogens (primary N) is 1. The SMILES string of the molecule is NNC(Cc1ccco1)C1C2CC3CC(C2)CC1C3. The number of furan rings is 1. The molecule has 4 fully saturated rings. The Kier molecular flexibility index (Phi) is 2.92. The molecule has 0 radical (unpaired) electrons. The van der Waals surface area contributed by atoms with Gasteiger partial charge in [0.15, 0.2) is 0 Å². The lowest BCUT2D eigenvalue weighted by Crippen LogP contribution is -2.55. The molecule has 4 aliphatic rings. The Morgan fingerprint density at radius 1 is 1.16 bits per heavy atom. The van der Waals surface area contributed by atoms with E-state index < -0.39 is 0 Å². The molecule has 3 heteroatoms. The first-order valence-electron chi connectivity index (χ1n) is 7.82. The van der Waals surface area contributed by atoms with E-state index in [2.05, 4.69) is 11.5 Å². The molecule has 0 aliphatic heterocycles. The molecule has 4 saturated carbocycles. The van der Waals surface area contributed by atoms with E-state index in [1.165, 1.54) is 32.1 Å². The van der Waals surface area contributed by atoms with Crippen LogP contribution < -0.4 is 11.3 Å². The minimum absolute atomic E-state index is 0.390. The molecule has 19 heavy (non-hydrogen) atoms. The summed E-state index contributed by atoms with van der Waals surface area (Å²) < 4.78 is 5.51. The number of hydrogen-bond donors (Lipinski definition) is 2. The predicted molar refractivity (Wildman–Crippen MR) is 74.1 cm³/mol. The van der Waals surface area contributed by atoms with Gasteiger partial charge in [-0.05, 0) is 73.8 Å². The summed E-state index contributed by atoms with van der Waals surface area (Å²) in [5.41, 5.74) is 3.11. The molecule has 0 aromatic carbocycles. The van der Waals surface area contributed by atoms with Gasteiger partial charge < -0.3 is 4.42 Å². The Morgan fingerprint density at radius 3 is 2.37 bits per heavy atom. The minimum Gasteiger partial charge on any atom is -0.469 e. The number of hydrogen-bond acceptors (Lipinski definition) is 3. The van der Waals surface area contributed by atoms with E-state index in [1.807, 2.05) is 6.07 Å². The van der Waals surface area contributed by atoms with Gasteiger partial charge in [0.1, 0.15) is 5.76 Å². The van der Waals surface area contributed by atoms with E-state index in [0.29, 0.717) is 6.04 Å². The maximum absolute atomic E-state index is 5.88. The van der Waals surface area contributed by atoms with E-state index in [0.717, 1.165) is 41.8 Å². The van der Waals surface area contributed by atoms with Gasteiger partial charge in [0.2, 0.25) is 0 Å². The predicted octanol–water partition coefficient (Wildman–Crippen LogP) is 2.73. The van der Waals surface area contributed by atoms with Gasteiger partial charge in [0.25, 0.3) is 0 Å². The molecule has 0 spiro atoms. The highest BCUT2D eigenvalue weighted by molar-refractivity contribution is 5.06. The third kappa shape index (κ3) is 2.03. The van der Waals surface area contributed by atoms with Gasteiger partial charge in [0, 0.05) is 12.5 Å². The fraction of sp³-hybridized carbons (Fsp3) is 0.750. The molecule has 3 N–H and O–H groups in total. The van der Waals surface area contributed by atoms with Crippen LogP contribution in [-0.4, -0.2) is 6.04 Å². The van der Waals surface area contributed by atoms with Gasteiger partial charge in [0.05, 0.1) is 6.26 Å². The lowest BCUT2D eigenvalue weighted by molar-refractivity contribution is -0.0523. The Morgan fingerprint density at radius 2 is 1.84 bits per heavy atom. The third-order valence-corrected chi connectivity index (χ3v) is 5.98. The quantitative estimate of drug-likeness (QED) is 0.646. The van der Waals surface area contributed by atoms with Gasteiger partial charge in [-0.2, -0.15) is 0 Å². The fourth-order valence-electron chi connectivity index (χ4n) is 5.58. The molecular formula is C16H24N2O. The molecule has 0 saturated heterocycles. The van der Waals surface area contributed by atoms with Crippen LogP contribution in [0.5, 0.6) is 0 Å². The third-order valence-electron chi connectivity index (χ3n) is 5.98. The van der Waals surface area contributed by atoms with Crippen LogP contribution in [0.3, 0.4) is 0 Å². The first-order valence-corrected chi connectivity index (χ1v) is 7.82. The highest BCUT2D eigenvalue weighted by atomic mass is 16.3. The van der Waals surface area contributed by atoms with Crippen molar-refractivity contribution in [2.45, 2.75) is 44.6 Å². The average molecular weight is 260 g/mol. The lowest BCUT2D eigenvalue weighted by atomic mass is 9.50. The van der Waals surface area contributed by atoms with Crippen LogP contribution in [0, 0.1) is 29.6 Å². The summed E-state index contributed by atoms with van der Waals surface area (Å²) in [7, 11) is 0. The van der Waals surface area contributed by atoms with Crippen LogP contribution in [0.2, 0.25) is 0 Å². The molecule has 3 nitrogen and oxygen atoms in total. The van der Waals surface area contributed by atoms with Gasteiger partial charge in [-0.3, -0.25) is 11.3 Å². The van der Waals surface area contributed by atoms with Crippen molar-refractivity contribution in [1.29, 1.82) is 0 Å². The van der Waals surface area contributed by atoms with E-state index in [4.69, 9.17) is 10.3 Å². The average Bonchev–Trinajstić information content (AvgIpc) is 2.89. The molecule has 4 bridgehead atoms. The Bertz CT molecular complexity index is 400. The van der Waals surface area contributed by atoms with Crippen molar-refractivity contribution in [2.24, 2.45) is 35.4 Å². The first kappa shape index (κ1) is 12.0. The monoisotopic (exact) mass is 260 g/mol. The Hall–Kier alpha value is -0.800. The van der Waals surface area contributed by atoms with Crippen molar-refractivity contribution in [2.75, 3.05) is 0 Å².